The third-order valence-electron chi connectivity index (χ3n) is 3.84. The van der Waals surface area contributed by atoms with Gasteiger partial charge >= 0.3 is 0 Å². The summed E-state index contributed by atoms with van der Waals surface area (Å²) in [6.45, 7) is 3.51. The van der Waals surface area contributed by atoms with Crippen LogP contribution in [0.5, 0.6) is 0 Å². The minimum absolute atomic E-state index is 0.498. The van der Waals surface area contributed by atoms with Gasteiger partial charge in [0.2, 0.25) is 0 Å². The molecule has 1 nitrogen and oxygen atoms in total. The summed E-state index contributed by atoms with van der Waals surface area (Å²) in [5, 5.41) is 0. The van der Waals surface area contributed by atoms with E-state index in [4.69, 9.17) is 0 Å². The average molecular weight is 278 g/mol. The summed E-state index contributed by atoms with van der Waals surface area (Å²) in [4.78, 5) is 3.14. The van der Waals surface area contributed by atoms with Crippen molar-refractivity contribution in [1.29, 1.82) is 0 Å². The molecule has 0 saturated carbocycles. The normalized spacial score (nSPS) is 29.4. The Bertz CT molecular complexity index is 412. The van der Waals surface area contributed by atoms with Crippen LogP contribution in [0, 0.1) is 5.92 Å². The van der Waals surface area contributed by atoms with Crippen LogP contribution in [0.4, 0.5) is 0 Å². The van der Waals surface area contributed by atoms with Crippen LogP contribution < -0.4 is 0 Å². The molecule has 3 atom stereocenters. The second-order valence-corrected chi connectivity index (χ2v) is 5.75. The summed E-state index contributed by atoms with van der Waals surface area (Å²) >= 11 is 3.80. The van der Waals surface area contributed by atoms with Crippen molar-refractivity contribution in [1.82, 2.24) is 4.90 Å². The highest BCUT2D eigenvalue weighted by molar-refractivity contribution is 9.09. The zero-order chi connectivity index (χ0) is 11.1. The molecule has 0 radical (unpaired) electrons. The first-order chi connectivity index (χ1) is 7.77. The predicted molar refractivity (Wildman–Crippen MR) is 70.5 cm³/mol. The highest BCUT2D eigenvalue weighted by Gasteiger charge is 2.40. The van der Waals surface area contributed by atoms with Crippen molar-refractivity contribution in [2.24, 2.45) is 5.92 Å². The molecule has 1 aliphatic heterocycles. The molecule has 0 N–H and O–H groups in total. The van der Waals surface area contributed by atoms with Crippen molar-refractivity contribution in [2.75, 3.05) is 6.54 Å². The first-order valence-electron chi connectivity index (χ1n) is 5.93. The fourth-order valence-electron chi connectivity index (χ4n) is 2.84. The van der Waals surface area contributed by atoms with Crippen LogP contribution in [0.3, 0.4) is 0 Å². The van der Waals surface area contributed by atoms with Gasteiger partial charge in [-0.25, -0.2) is 0 Å². The minimum atomic E-state index is 0.498. The summed E-state index contributed by atoms with van der Waals surface area (Å²) in [7, 11) is 0. The van der Waals surface area contributed by atoms with Crippen molar-refractivity contribution < 1.29 is 0 Å². The van der Waals surface area contributed by atoms with E-state index in [1.54, 1.807) is 0 Å². The van der Waals surface area contributed by atoms with Crippen molar-refractivity contribution in [3.05, 3.63) is 47.7 Å². The minimum Gasteiger partial charge on any atom is -0.367 e. The molecule has 2 bridgehead atoms. The maximum absolute atomic E-state index is 3.80. The molecular formula is C14H16BrN. The average Bonchev–Trinajstić information content (AvgIpc) is 2.85. The standard InChI is InChI=1S/C14H16BrN/c1-10(11-5-3-2-4-6-11)16-9-12-7-8-13(16)14(12)15/h2-6,8,10,12,14H,7,9H2,1H3/t10-,12+,14+/m0/s1. The highest BCUT2D eigenvalue weighted by Crippen LogP contribution is 2.44. The summed E-state index contributed by atoms with van der Waals surface area (Å²) in [5.41, 5.74) is 2.91. The van der Waals surface area contributed by atoms with Gasteiger partial charge in [0.1, 0.15) is 0 Å². The number of nitrogens with zero attached hydrogens (tertiary/aromatic N) is 1. The molecule has 1 aromatic rings. The Morgan fingerprint density at radius 3 is 2.62 bits per heavy atom. The molecule has 1 aromatic carbocycles. The molecule has 2 aliphatic rings. The highest BCUT2D eigenvalue weighted by atomic mass is 79.9. The molecule has 0 amide bonds. The van der Waals surface area contributed by atoms with Crippen LogP contribution in [0.15, 0.2) is 42.1 Å². The van der Waals surface area contributed by atoms with Crippen LogP contribution in [0.2, 0.25) is 0 Å². The van der Waals surface area contributed by atoms with E-state index in [9.17, 15) is 0 Å². The number of halogens is 1. The van der Waals surface area contributed by atoms with E-state index < -0.39 is 0 Å². The fraction of sp³-hybridized carbons (Fsp3) is 0.429. The van der Waals surface area contributed by atoms with E-state index in [2.05, 4.69) is 64.2 Å². The van der Waals surface area contributed by atoms with Gasteiger partial charge < -0.3 is 4.90 Å². The van der Waals surface area contributed by atoms with Gasteiger partial charge in [-0.15, -0.1) is 0 Å². The smallest absolute Gasteiger partial charge is 0.0589 e. The number of hydrogen-bond donors (Lipinski definition) is 0. The largest absolute Gasteiger partial charge is 0.367 e. The SMILES string of the molecule is C[C@@H](c1ccccc1)N1C[C@H]2CC=C1[C@@H]2Br. The number of hydrogen-bond acceptors (Lipinski definition) is 1. The van der Waals surface area contributed by atoms with Gasteiger partial charge in [-0.2, -0.15) is 0 Å². The van der Waals surface area contributed by atoms with Gasteiger partial charge in [-0.3, -0.25) is 0 Å². The first kappa shape index (κ1) is 10.4. The number of rotatable bonds is 2. The van der Waals surface area contributed by atoms with Gasteiger partial charge in [0, 0.05) is 12.2 Å². The van der Waals surface area contributed by atoms with E-state index in [1.165, 1.54) is 24.2 Å². The van der Waals surface area contributed by atoms with Crippen LogP contribution in [-0.4, -0.2) is 16.3 Å². The lowest BCUT2D eigenvalue weighted by molar-refractivity contribution is 0.279. The summed E-state index contributed by atoms with van der Waals surface area (Å²) < 4.78 is 0. The summed E-state index contributed by atoms with van der Waals surface area (Å²) in [6.07, 6.45) is 3.65. The first-order valence-corrected chi connectivity index (χ1v) is 6.84. The Hall–Kier alpha value is -0.760. The van der Waals surface area contributed by atoms with Gasteiger partial charge in [0.15, 0.2) is 0 Å². The van der Waals surface area contributed by atoms with Crippen LogP contribution in [0.25, 0.3) is 0 Å². The zero-order valence-corrected chi connectivity index (χ0v) is 11.0. The molecule has 1 saturated heterocycles. The van der Waals surface area contributed by atoms with E-state index in [-0.39, 0.29) is 0 Å². The fourth-order valence-corrected chi connectivity index (χ4v) is 3.67. The lowest BCUT2D eigenvalue weighted by Gasteiger charge is -2.30. The van der Waals surface area contributed by atoms with Crippen LogP contribution >= 0.6 is 15.9 Å². The molecule has 84 valence electrons. The van der Waals surface area contributed by atoms with Crippen molar-refractivity contribution >= 4 is 15.9 Å². The number of likely N-dealkylation sites (tertiary alicyclic amines) is 1. The second-order valence-electron chi connectivity index (χ2n) is 4.77. The Kier molecular flexibility index (Phi) is 2.55. The molecule has 2 heteroatoms. The molecular weight excluding hydrogens is 262 g/mol. The molecule has 3 rings (SSSR count). The van der Waals surface area contributed by atoms with Gasteiger partial charge in [0.25, 0.3) is 0 Å². The molecule has 0 unspecified atom stereocenters. The van der Waals surface area contributed by atoms with E-state index in [0.717, 1.165) is 5.92 Å². The maximum atomic E-state index is 3.80. The molecule has 16 heavy (non-hydrogen) atoms. The molecule has 0 aromatic heterocycles. The Morgan fingerprint density at radius 2 is 2.06 bits per heavy atom. The third-order valence-corrected chi connectivity index (χ3v) is 5.06. The van der Waals surface area contributed by atoms with E-state index >= 15 is 0 Å². The van der Waals surface area contributed by atoms with Gasteiger partial charge in [0.05, 0.1) is 10.9 Å². The van der Waals surface area contributed by atoms with Crippen molar-refractivity contribution in [2.45, 2.75) is 24.2 Å². The lowest BCUT2D eigenvalue weighted by atomic mass is 10.1. The Morgan fingerprint density at radius 1 is 1.31 bits per heavy atom. The second kappa shape index (κ2) is 3.92. The summed E-state index contributed by atoms with van der Waals surface area (Å²) in [6, 6.07) is 11.3. The van der Waals surface area contributed by atoms with Gasteiger partial charge in [-0.1, -0.05) is 52.3 Å². The van der Waals surface area contributed by atoms with Crippen molar-refractivity contribution in [3.63, 3.8) is 0 Å². The monoisotopic (exact) mass is 277 g/mol. The number of allylic oxidation sites excluding steroid dienone is 2. The van der Waals surface area contributed by atoms with Crippen molar-refractivity contribution in [3.8, 4) is 0 Å². The quantitative estimate of drug-likeness (QED) is 0.745. The Labute approximate surface area is 105 Å². The molecule has 1 heterocycles. The predicted octanol–water partition coefficient (Wildman–Crippen LogP) is 3.73. The topological polar surface area (TPSA) is 3.24 Å². The van der Waals surface area contributed by atoms with Crippen LogP contribution in [0.1, 0.15) is 24.9 Å². The number of benzene rings is 1. The van der Waals surface area contributed by atoms with Crippen LogP contribution in [-0.2, 0) is 0 Å². The number of alkyl halides is 1. The maximum Gasteiger partial charge on any atom is 0.0589 e. The lowest BCUT2D eigenvalue weighted by Crippen LogP contribution is -2.25. The van der Waals surface area contributed by atoms with E-state index in [0.29, 0.717) is 10.9 Å². The molecule has 0 spiro atoms. The molecule has 1 fully saturated rings. The zero-order valence-electron chi connectivity index (χ0n) is 9.44. The number of fused-ring (bicyclic) bond motifs is 2. The summed E-state index contributed by atoms with van der Waals surface area (Å²) in [5.74, 6) is 0.793. The van der Waals surface area contributed by atoms with E-state index in [1.807, 2.05) is 0 Å². The Balaban J connectivity index is 1.85. The molecule has 1 aliphatic carbocycles. The third kappa shape index (κ3) is 1.51. The van der Waals surface area contributed by atoms with Gasteiger partial charge in [-0.05, 0) is 24.8 Å².